The predicted molar refractivity (Wildman–Crippen MR) is 110 cm³/mol. The summed E-state index contributed by atoms with van der Waals surface area (Å²) in [6.45, 7) is 8.07. The van der Waals surface area contributed by atoms with Crippen molar-refractivity contribution in [1.29, 1.82) is 0 Å². The minimum Gasteiger partial charge on any atom is -0.345 e. The highest BCUT2D eigenvalue weighted by molar-refractivity contribution is 7.91. The van der Waals surface area contributed by atoms with Gasteiger partial charge in [0, 0.05) is 33.4 Å². The molecule has 0 radical (unpaired) electrons. The fourth-order valence-corrected chi connectivity index (χ4v) is 5.02. The van der Waals surface area contributed by atoms with E-state index in [1.807, 2.05) is 20.8 Å². The van der Waals surface area contributed by atoms with Crippen LogP contribution < -0.4 is 0 Å². The highest BCUT2D eigenvalue weighted by Gasteiger charge is 2.33. The zero-order chi connectivity index (χ0) is 21.9. The van der Waals surface area contributed by atoms with Crippen molar-refractivity contribution < 1.29 is 18.0 Å². The molecule has 8 nitrogen and oxygen atoms in total. The van der Waals surface area contributed by atoms with Crippen LogP contribution >= 0.6 is 0 Å². The molecule has 0 N–H and O–H groups in total. The van der Waals surface area contributed by atoms with Crippen LogP contribution in [0, 0.1) is 6.92 Å². The van der Waals surface area contributed by atoms with Crippen LogP contribution in [-0.2, 0) is 16.3 Å². The molecule has 2 aromatic rings. The van der Waals surface area contributed by atoms with Gasteiger partial charge in [-0.05, 0) is 38.3 Å². The first-order chi connectivity index (χ1) is 13.6. The van der Waals surface area contributed by atoms with Gasteiger partial charge in [0.2, 0.25) is 9.84 Å². The first-order valence-corrected chi connectivity index (χ1v) is 11.0. The van der Waals surface area contributed by atoms with Crippen LogP contribution in [0.25, 0.3) is 0 Å². The molecule has 0 unspecified atom stereocenters. The molecule has 29 heavy (non-hydrogen) atoms. The van der Waals surface area contributed by atoms with Gasteiger partial charge in [0.1, 0.15) is 0 Å². The van der Waals surface area contributed by atoms with Gasteiger partial charge in [-0.15, -0.1) is 0 Å². The van der Waals surface area contributed by atoms with Gasteiger partial charge in [0.15, 0.2) is 5.03 Å². The van der Waals surface area contributed by atoms with Crippen molar-refractivity contribution in [2.24, 2.45) is 0 Å². The number of carbonyl (C=O) groups excluding carboxylic acids is 2. The summed E-state index contributed by atoms with van der Waals surface area (Å²) in [5, 5.41) is 3.68. The topological polar surface area (TPSA) is 92.6 Å². The maximum Gasteiger partial charge on any atom is 0.344 e. The van der Waals surface area contributed by atoms with Crippen molar-refractivity contribution >= 4 is 21.8 Å². The van der Waals surface area contributed by atoms with E-state index in [2.05, 4.69) is 5.10 Å². The Kier molecular flexibility index (Phi) is 6.84. The maximum absolute atomic E-state index is 13.6. The van der Waals surface area contributed by atoms with Crippen molar-refractivity contribution in [3.63, 3.8) is 0 Å². The van der Waals surface area contributed by atoms with E-state index in [1.165, 1.54) is 30.1 Å². The number of carbonyl (C=O) groups is 2. The molecule has 0 spiro atoms. The molecule has 0 saturated carbocycles. The molecule has 158 valence electrons. The fraction of sp³-hybridized carbons (Fsp3) is 0.450. The lowest BCUT2D eigenvalue weighted by atomic mass is 10.1. The number of aromatic nitrogens is 2. The monoisotopic (exact) mass is 420 g/mol. The maximum atomic E-state index is 13.6. The summed E-state index contributed by atoms with van der Waals surface area (Å²) in [5.41, 5.74) is 1.08. The number of amides is 2. The first-order valence-electron chi connectivity index (χ1n) is 9.54. The van der Waals surface area contributed by atoms with Crippen molar-refractivity contribution in [3.05, 3.63) is 41.1 Å². The average molecular weight is 421 g/mol. The third kappa shape index (κ3) is 4.19. The molecular formula is C20H28N4O4S. The Morgan fingerprint density at radius 3 is 2.24 bits per heavy atom. The Morgan fingerprint density at radius 1 is 1.10 bits per heavy atom. The second kappa shape index (κ2) is 8.77. The molecule has 0 fully saturated rings. The van der Waals surface area contributed by atoms with Gasteiger partial charge in [-0.3, -0.25) is 4.79 Å². The van der Waals surface area contributed by atoms with Gasteiger partial charge >= 0.3 is 6.03 Å². The van der Waals surface area contributed by atoms with E-state index < -0.39 is 26.8 Å². The van der Waals surface area contributed by atoms with E-state index in [4.69, 9.17) is 0 Å². The van der Waals surface area contributed by atoms with Gasteiger partial charge < -0.3 is 9.80 Å². The Hall–Kier alpha value is -2.68. The first kappa shape index (κ1) is 22.6. The Bertz CT molecular complexity index is 1020. The number of rotatable bonds is 6. The van der Waals surface area contributed by atoms with E-state index in [0.29, 0.717) is 30.6 Å². The molecule has 0 aliphatic carbocycles. The standard InChI is InChI=1S/C20H28N4O4S/c1-7-15-12-10-11-14(4)17(15)29(27,28)18-16(19(25)22(5)6)13-24(21-18)20(26)23(8-2)9-3/h10-13H,7-9H2,1-6H3. The Morgan fingerprint density at radius 2 is 1.72 bits per heavy atom. The Balaban J connectivity index is 2.77. The van der Waals surface area contributed by atoms with Crippen molar-refractivity contribution in [2.75, 3.05) is 27.2 Å². The van der Waals surface area contributed by atoms with E-state index >= 15 is 0 Å². The zero-order valence-electron chi connectivity index (χ0n) is 17.8. The molecular weight excluding hydrogens is 392 g/mol. The van der Waals surface area contributed by atoms with Crippen LogP contribution in [0.2, 0.25) is 0 Å². The summed E-state index contributed by atoms with van der Waals surface area (Å²) < 4.78 is 28.1. The fourth-order valence-electron chi connectivity index (χ4n) is 3.15. The minimum atomic E-state index is -4.12. The molecule has 1 heterocycles. The summed E-state index contributed by atoms with van der Waals surface area (Å²) in [6, 6.07) is 4.76. The van der Waals surface area contributed by atoms with Gasteiger partial charge in [0.05, 0.1) is 10.5 Å². The SMILES string of the molecule is CCc1cccc(C)c1S(=O)(=O)c1nn(C(=O)N(CC)CC)cc1C(=O)N(C)C. The molecule has 0 atom stereocenters. The van der Waals surface area contributed by atoms with Gasteiger partial charge in [-0.2, -0.15) is 9.78 Å². The normalized spacial score (nSPS) is 11.4. The quantitative estimate of drug-likeness (QED) is 0.716. The van der Waals surface area contributed by atoms with Crippen LogP contribution in [-0.4, -0.2) is 67.1 Å². The van der Waals surface area contributed by atoms with Crippen molar-refractivity contribution in [1.82, 2.24) is 19.6 Å². The van der Waals surface area contributed by atoms with Crippen LogP contribution in [0.5, 0.6) is 0 Å². The van der Waals surface area contributed by atoms with Gasteiger partial charge in [0.25, 0.3) is 5.91 Å². The number of hydrogen-bond donors (Lipinski definition) is 0. The second-order valence-corrected chi connectivity index (χ2v) is 8.67. The summed E-state index contributed by atoms with van der Waals surface area (Å²) in [6.07, 6.45) is 1.71. The van der Waals surface area contributed by atoms with Crippen LogP contribution in [0.1, 0.15) is 42.3 Å². The molecule has 2 amide bonds. The highest BCUT2D eigenvalue weighted by atomic mass is 32.2. The highest BCUT2D eigenvalue weighted by Crippen LogP contribution is 2.29. The lowest BCUT2D eigenvalue weighted by Gasteiger charge is -2.17. The summed E-state index contributed by atoms with van der Waals surface area (Å²) in [5.74, 6) is -0.534. The molecule has 1 aromatic carbocycles. The smallest absolute Gasteiger partial charge is 0.344 e. The number of nitrogens with zero attached hydrogens (tertiary/aromatic N) is 4. The van der Waals surface area contributed by atoms with Crippen LogP contribution in [0.15, 0.2) is 34.3 Å². The molecule has 9 heteroatoms. The molecule has 1 aromatic heterocycles. The van der Waals surface area contributed by atoms with E-state index in [1.54, 1.807) is 25.1 Å². The number of aryl methyl sites for hydroxylation is 2. The number of hydrogen-bond acceptors (Lipinski definition) is 5. The third-order valence-electron chi connectivity index (χ3n) is 4.74. The largest absolute Gasteiger partial charge is 0.345 e. The molecule has 0 saturated heterocycles. The van der Waals surface area contributed by atoms with Crippen LogP contribution in [0.4, 0.5) is 4.79 Å². The van der Waals surface area contributed by atoms with Crippen molar-refractivity contribution in [2.45, 2.75) is 44.0 Å². The summed E-state index contributed by atoms with van der Waals surface area (Å²) in [4.78, 5) is 28.3. The molecule has 0 aliphatic rings. The summed E-state index contributed by atoms with van der Waals surface area (Å²) in [7, 11) is -1.08. The van der Waals surface area contributed by atoms with Gasteiger partial charge in [-0.25, -0.2) is 13.2 Å². The van der Waals surface area contributed by atoms with E-state index in [9.17, 15) is 18.0 Å². The lowest BCUT2D eigenvalue weighted by Crippen LogP contribution is -2.34. The summed E-state index contributed by atoms with van der Waals surface area (Å²) >= 11 is 0. The van der Waals surface area contributed by atoms with E-state index in [-0.39, 0.29) is 10.5 Å². The molecule has 0 bridgehead atoms. The van der Waals surface area contributed by atoms with E-state index in [0.717, 1.165) is 4.68 Å². The molecule has 0 aliphatic heterocycles. The zero-order valence-corrected chi connectivity index (χ0v) is 18.6. The lowest BCUT2D eigenvalue weighted by molar-refractivity contribution is 0.0824. The van der Waals surface area contributed by atoms with Crippen molar-refractivity contribution in [3.8, 4) is 0 Å². The Labute approximate surface area is 172 Å². The number of benzene rings is 1. The van der Waals surface area contributed by atoms with Gasteiger partial charge in [-0.1, -0.05) is 25.1 Å². The molecule has 2 rings (SSSR count). The number of sulfone groups is 1. The predicted octanol–water partition coefficient (Wildman–Crippen LogP) is 2.60. The average Bonchev–Trinajstić information content (AvgIpc) is 3.13. The third-order valence-corrected chi connectivity index (χ3v) is 6.68. The van der Waals surface area contributed by atoms with Crippen LogP contribution in [0.3, 0.4) is 0 Å². The minimum absolute atomic E-state index is 0.124. The second-order valence-electron chi connectivity index (χ2n) is 6.87.